The number of hydrogen-bond donors (Lipinski definition) is 5. The molecule has 14 nitrogen and oxygen atoms in total. The van der Waals surface area contributed by atoms with Gasteiger partial charge < -0.3 is 36.5 Å². The third-order valence-electron chi connectivity index (χ3n) is 8.46. The van der Waals surface area contributed by atoms with Crippen molar-refractivity contribution in [1.29, 1.82) is 0 Å². The van der Waals surface area contributed by atoms with Crippen LogP contribution in [0.1, 0.15) is 81.7 Å². The average Bonchev–Trinajstić information content (AvgIpc) is 3.21. The molecule has 0 saturated heterocycles. The van der Waals surface area contributed by atoms with E-state index in [4.69, 9.17) is 61.6 Å². The molecular weight excluding hydrogens is 848 g/mol. The molecule has 0 aliphatic rings. The van der Waals surface area contributed by atoms with Crippen LogP contribution in [0.15, 0.2) is 66.8 Å². The van der Waals surface area contributed by atoms with E-state index >= 15 is 0 Å². The van der Waals surface area contributed by atoms with Crippen molar-refractivity contribution in [2.24, 2.45) is 5.73 Å². The van der Waals surface area contributed by atoms with E-state index in [0.717, 1.165) is 0 Å². The molecule has 0 atom stereocenters. The summed E-state index contributed by atoms with van der Waals surface area (Å²) in [7, 11) is 0. The van der Waals surface area contributed by atoms with Crippen LogP contribution in [0.3, 0.4) is 0 Å². The molecule has 59 heavy (non-hydrogen) atoms. The second-order valence-corrected chi connectivity index (χ2v) is 14.3. The highest BCUT2D eigenvalue weighted by Gasteiger charge is 2.20. The molecule has 0 spiro atoms. The van der Waals surface area contributed by atoms with Gasteiger partial charge in [0, 0.05) is 55.7 Å². The number of ketones is 2. The number of amides is 5. The Morgan fingerprint density at radius 2 is 0.966 bits per heavy atom. The summed E-state index contributed by atoms with van der Waals surface area (Å²) in [5.74, 6) is -3.10. The van der Waals surface area contributed by atoms with Crippen molar-refractivity contribution in [3.8, 4) is 11.5 Å². The predicted molar refractivity (Wildman–Crippen MR) is 225 cm³/mol. The summed E-state index contributed by atoms with van der Waals surface area (Å²) in [6, 6.07) is 10.4. The smallest absolute Gasteiger partial charge is 0.257 e. The zero-order valence-electron chi connectivity index (χ0n) is 32.3. The zero-order valence-corrected chi connectivity index (χ0v) is 35.3. The standard InChI is InChI=1S/C41H43Cl4N5O9/c1-5-22(3)39(55)27-7-9-29(37(44)35(27)42)58-20-33(53)47-13-11-31(51)49-18-24-15-25(17-26(16-24)41(46)57)19-50-32(52)12-14-48-34(54)21-59-30-10-8-28(36(43)38(30)45)40(56)23(4)6-2/h7-10,15-17H,3-6,11-14,18-21H2,1-2H3,(H2,46,57)(H,47,53)(H,48,54)(H,49,51)(H,50,52). The van der Waals surface area contributed by atoms with Crippen LogP contribution in [0, 0.1) is 0 Å². The fraction of sp³-hybridized carbons (Fsp3) is 0.293. The van der Waals surface area contributed by atoms with Crippen LogP contribution < -0.4 is 36.5 Å². The quantitative estimate of drug-likeness (QED) is 0.0549. The molecule has 0 saturated carbocycles. The van der Waals surface area contributed by atoms with Crippen molar-refractivity contribution in [3.05, 3.63) is 115 Å². The van der Waals surface area contributed by atoms with Gasteiger partial charge in [0.25, 0.3) is 11.8 Å². The molecule has 3 aromatic rings. The van der Waals surface area contributed by atoms with Crippen LogP contribution in [0.25, 0.3) is 0 Å². The van der Waals surface area contributed by atoms with Crippen LogP contribution in [-0.4, -0.2) is 67.4 Å². The molecule has 0 fully saturated rings. The largest absolute Gasteiger partial charge is 0.482 e. The first-order chi connectivity index (χ1) is 28.0. The van der Waals surface area contributed by atoms with E-state index in [1.54, 1.807) is 19.9 Å². The van der Waals surface area contributed by atoms with E-state index in [1.165, 1.54) is 36.4 Å². The fourth-order valence-electron chi connectivity index (χ4n) is 5.05. The van der Waals surface area contributed by atoms with Crippen molar-refractivity contribution in [2.75, 3.05) is 26.3 Å². The molecular formula is C41H43Cl4N5O9. The van der Waals surface area contributed by atoms with Crippen LogP contribution >= 0.6 is 46.4 Å². The summed E-state index contributed by atoms with van der Waals surface area (Å²) in [4.78, 5) is 86.5. The number of Topliss-reactive ketones (excluding diaryl/α,β-unsaturated/α-hetero) is 2. The van der Waals surface area contributed by atoms with Gasteiger partial charge in [-0.15, -0.1) is 0 Å². The van der Waals surface area contributed by atoms with Gasteiger partial charge in [0.05, 0.1) is 10.0 Å². The minimum atomic E-state index is -0.716. The minimum absolute atomic E-state index is 0.0163. The van der Waals surface area contributed by atoms with Gasteiger partial charge in [-0.05, 0) is 71.5 Å². The Bertz CT molecular complexity index is 2020. The third-order valence-corrected chi connectivity index (χ3v) is 10.2. The van der Waals surface area contributed by atoms with Crippen LogP contribution in [0.4, 0.5) is 0 Å². The van der Waals surface area contributed by atoms with Crippen molar-refractivity contribution in [1.82, 2.24) is 21.3 Å². The molecule has 0 aliphatic carbocycles. The first-order valence-electron chi connectivity index (χ1n) is 18.1. The van der Waals surface area contributed by atoms with E-state index in [0.29, 0.717) is 35.1 Å². The lowest BCUT2D eigenvalue weighted by Gasteiger charge is -2.13. The number of allylic oxidation sites excluding steroid dienone is 2. The van der Waals surface area contributed by atoms with Gasteiger partial charge in [-0.3, -0.25) is 33.6 Å². The number of carbonyl (C=O) groups excluding carboxylic acids is 7. The second kappa shape index (κ2) is 23.2. The minimum Gasteiger partial charge on any atom is -0.482 e. The number of rotatable bonds is 23. The van der Waals surface area contributed by atoms with Crippen LogP contribution in [0.5, 0.6) is 11.5 Å². The Labute approximate surface area is 361 Å². The average molecular weight is 892 g/mol. The normalized spacial score (nSPS) is 10.5. The molecule has 3 rings (SSSR count). The number of nitrogens with two attached hydrogens (primary N) is 1. The van der Waals surface area contributed by atoms with Gasteiger partial charge in [0.2, 0.25) is 17.7 Å². The Hall–Kier alpha value is -5.41. The van der Waals surface area contributed by atoms with Gasteiger partial charge in [-0.25, -0.2) is 0 Å². The fourth-order valence-corrected chi connectivity index (χ4v) is 5.97. The maximum absolute atomic E-state index is 12.5. The summed E-state index contributed by atoms with van der Waals surface area (Å²) in [6.45, 7) is 10.1. The van der Waals surface area contributed by atoms with Gasteiger partial charge in [-0.2, -0.15) is 0 Å². The highest BCUT2D eigenvalue weighted by molar-refractivity contribution is 6.46. The van der Waals surface area contributed by atoms with Crippen LogP contribution in [0.2, 0.25) is 20.1 Å². The van der Waals surface area contributed by atoms with E-state index in [9.17, 15) is 33.6 Å². The summed E-state index contributed by atoms with van der Waals surface area (Å²) in [5.41, 5.74) is 7.78. The molecule has 3 aromatic carbocycles. The van der Waals surface area contributed by atoms with E-state index in [1.807, 2.05) is 0 Å². The van der Waals surface area contributed by atoms with Crippen molar-refractivity contribution < 1.29 is 43.0 Å². The molecule has 314 valence electrons. The zero-order chi connectivity index (χ0) is 43.8. The predicted octanol–water partition coefficient (Wildman–Crippen LogP) is 6.10. The number of primary amides is 1. The lowest BCUT2D eigenvalue weighted by molar-refractivity contribution is -0.125. The van der Waals surface area contributed by atoms with Gasteiger partial charge in [0.15, 0.2) is 24.8 Å². The number of ether oxygens (including phenoxy) is 2. The molecule has 6 N–H and O–H groups in total. The highest BCUT2D eigenvalue weighted by Crippen LogP contribution is 2.37. The van der Waals surface area contributed by atoms with Crippen molar-refractivity contribution in [2.45, 2.75) is 52.6 Å². The SMILES string of the molecule is C=C(CC)C(=O)c1ccc(OCC(=O)NCCC(=O)NCc2cc(CNC(=O)CCNC(=O)COc3ccc(C(=O)C(=C)CC)c(Cl)c3Cl)cc(C(N)=O)c2)c(Cl)c1Cl. The summed E-state index contributed by atoms with van der Waals surface area (Å²) in [5, 5.41) is 10.4. The van der Waals surface area contributed by atoms with Crippen molar-refractivity contribution >= 4 is 87.5 Å². The third kappa shape index (κ3) is 14.4. The molecule has 0 bridgehead atoms. The number of nitrogens with one attached hydrogen (secondary N) is 4. The van der Waals surface area contributed by atoms with Crippen molar-refractivity contribution in [3.63, 3.8) is 0 Å². The van der Waals surface area contributed by atoms with Crippen LogP contribution in [-0.2, 0) is 32.3 Å². The Morgan fingerprint density at radius 3 is 1.32 bits per heavy atom. The summed E-state index contributed by atoms with van der Waals surface area (Å²) in [6.07, 6.45) is 0.723. The molecule has 5 amide bonds. The second-order valence-electron chi connectivity index (χ2n) is 12.8. The van der Waals surface area contributed by atoms with Gasteiger partial charge in [0.1, 0.15) is 21.5 Å². The summed E-state index contributed by atoms with van der Waals surface area (Å²) < 4.78 is 10.9. The van der Waals surface area contributed by atoms with Gasteiger partial charge in [-0.1, -0.05) is 79.5 Å². The number of hydrogen-bond acceptors (Lipinski definition) is 9. The molecule has 0 aromatic heterocycles. The first kappa shape index (κ1) is 48.0. The molecule has 0 unspecified atom stereocenters. The summed E-state index contributed by atoms with van der Waals surface area (Å²) >= 11 is 25.0. The Balaban J connectivity index is 1.40. The number of carbonyl (C=O) groups is 7. The lowest BCUT2D eigenvalue weighted by Crippen LogP contribution is -2.33. The maximum Gasteiger partial charge on any atom is 0.257 e. The van der Waals surface area contributed by atoms with E-state index in [-0.39, 0.29) is 98.9 Å². The number of benzene rings is 3. The Morgan fingerprint density at radius 1 is 0.576 bits per heavy atom. The molecule has 18 heteroatoms. The monoisotopic (exact) mass is 889 g/mol. The van der Waals surface area contributed by atoms with E-state index in [2.05, 4.69) is 34.4 Å². The van der Waals surface area contributed by atoms with Gasteiger partial charge >= 0.3 is 0 Å². The Kier molecular flexibility index (Phi) is 18.9. The number of halogens is 4. The lowest BCUT2D eigenvalue weighted by atomic mass is 10.0. The molecule has 0 heterocycles. The first-order valence-corrected chi connectivity index (χ1v) is 19.6. The molecule has 0 radical (unpaired) electrons. The maximum atomic E-state index is 12.5. The highest BCUT2D eigenvalue weighted by atomic mass is 35.5. The molecule has 0 aliphatic heterocycles. The van der Waals surface area contributed by atoms with E-state index < -0.39 is 42.7 Å². The topological polar surface area (TPSA) is 212 Å².